The fourth-order valence-corrected chi connectivity index (χ4v) is 4.00. The third kappa shape index (κ3) is 4.73. The van der Waals surface area contributed by atoms with Crippen LogP contribution >= 0.6 is 12.2 Å². The number of rotatable bonds is 8. The molecule has 4 nitrogen and oxygen atoms in total. The molecule has 0 saturated carbocycles. The molecule has 5 heteroatoms. The van der Waals surface area contributed by atoms with Crippen LogP contribution in [0.5, 0.6) is 5.75 Å². The number of nitrogens with zero attached hydrogens (tertiary/aromatic N) is 1. The van der Waals surface area contributed by atoms with E-state index in [1.54, 1.807) is 0 Å². The lowest BCUT2D eigenvalue weighted by atomic mass is 9.88. The highest BCUT2D eigenvalue weighted by Crippen LogP contribution is 2.37. The van der Waals surface area contributed by atoms with Crippen molar-refractivity contribution >= 4 is 23.1 Å². The second-order valence-electron chi connectivity index (χ2n) is 7.97. The second-order valence-corrected chi connectivity index (χ2v) is 8.36. The van der Waals surface area contributed by atoms with Crippen molar-refractivity contribution in [2.24, 2.45) is 5.92 Å². The van der Waals surface area contributed by atoms with E-state index in [1.165, 1.54) is 0 Å². The molecule has 0 aliphatic carbocycles. The van der Waals surface area contributed by atoms with Crippen LogP contribution in [0.25, 0.3) is 0 Å². The van der Waals surface area contributed by atoms with Crippen molar-refractivity contribution in [3.8, 4) is 5.75 Å². The molecule has 0 fully saturated rings. The number of carbonyl (C=O) groups is 1. The second kappa shape index (κ2) is 9.90. The molecule has 1 N–H and O–H groups in total. The molecular weight excluding hydrogens is 392 g/mol. The van der Waals surface area contributed by atoms with Gasteiger partial charge >= 0.3 is 0 Å². The van der Waals surface area contributed by atoms with Crippen molar-refractivity contribution in [2.45, 2.75) is 40.2 Å². The Bertz CT molecular complexity index is 937. The number of allylic oxidation sites excluding steroid dienone is 1. The third-order valence-electron chi connectivity index (χ3n) is 5.13. The van der Waals surface area contributed by atoms with Crippen molar-refractivity contribution in [3.63, 3.8) is 0 Å². The first-order chi connectivity index (χ1) is 14.4. The Labute approximate surface area is 184 Å². The Morgan fingerprint density at radius 2 is 1.80 bits per heavy atom. The first-order valence-electron chi connectivity index (χ1n) is 10.5. The summed E-state index contributed by atoms with van der Waals surface area (Å²) in [6.45, 7) is 9.71. The normalized spacial score (nSPS) is 16.6. The maximum atomic E-state index is 13.6. The number of hydrogen-bond donors (Lipinski definition) is 1. The fourth-order valence-electron chi connectivity index (χ4n) is 3.65. The van der Waals surface area contributed by atoms with Crippen LogP contribution in [0.2, 0.25) is 0 Å². The lowest BCUT2D eigenvalue weighted by Gasteiger charge is -2.38. The highest BCUT2D eigenvalue weighted by atomic mass is 32.1. The zero-order valence-corrected chi connectivity index (χ0v) is 19.0. The van der Waals surface area contributed by atoms with Crippen LogP contribution in [-0.2, 0) is 0 Å². The van der Waals surface area contributed by atoms with E-state index >= 15 is 0 Å². The molecule has 1 unspecified atom stereocenters. The predicted molar refractivity (Wildman–Crippen MR) is 126 cm³/mol. The number of nitrogens with one attached hydrogen (secondary N) is 1. The van der Waals surface area contributed by atoms with Crippen LogP contribution in [0.1, 0.15) is 56.1 Å². The molecule has 2 aromatic rings. The molecule has 0 radical (unpaired) electrons. The zero-order chi connectivity index (χ0) is 21.7. The summed E-state index contributed by atoms with van der Waals surface area (Å²) in [6, 6.07) is 17.0. The molecule has 1 heterocycles. The number of thiocarbonyl (C=S) groups is 1. The number of hydrogen-bond acceptors (Lipinski definition) is 3. The zero-order valence-electron chi connectivity index (χ0n) is 18.1. The molecule has 0 aromatic heterocycles. The van der Waals surface area contributed by atoms with Crippen LogP contribution in [0, 0.1) is 5.92 Å². The summed E-state index contributed by atoms with van der Waals surface area (Å²) in [4.78, 5) is 15.6. The van der Waals surface area contributed by atoms with Gasteiger partial charge in [0.25, 0.3) is 0 Å². The van der Waals surface area contributed by atoms with Gasteiger partial charge in [-0.2, -0.15) is 0 Å². The third-order valence-corrected chi connectivity index (χ3v) is 5.46. The monoisotopic (exact) mass is 422 g/mol. The van der Waals surface area contributed by atoms with Gasteiger partial charge in [0.05, 0.1) is 12.6 Å². The minimum atomic E-state index is -0.360. The van der Waals surface area contributed by atoms with Gasteiger partial charge in [-0.25, -0.2) is 0 Å². The highest BCUT2D eigenvalue weighted by Gasteiger charge is 2.35. The highest BCUT2D eigenvalue weighted by molar-refractivity contribution is 7.80. The average molecular weight is 423 g/mol. The number of Topliss-reactive ketones (excluding diaryl/α,β-unsaturated/α-hetero) is 1. The van der Waals surface area contributed by atoms with Crippen LogP contribution in [0.15, 0.2) is 65.9 Å². The lowest BCUT2D eigenvalue weighted by Crippen LogP contribution is -2.48. The molecule has 30 heavy (non-hydrogen) atoms. The van der Waals surface area contributed by atoms with E-state index in [9.17, 15) is 4.79 Å². The van der Waals surface area contributed by atoms with Crippen molar-refractivity contribution in [3.05, 3.63) is 77.0 Å². The minimum Gasteiger partial charge on any atom is -0.493 e. The van der Waals surface area contributed by atoms with Crippen molar-refractivity contribution < 1.29 is 9.53 Å². The summed E-state index contributed by atoms with van der Waals surface area (Å²) in [7, 11) is 0. The summed E-state index contributed by atoms with van der Waals surface area (Å²) in [6.07, 6.45) is 0.935. The summed E-state index contributed by atoms with van der Waals surface area (Å²) in [5.41, 5.74) is 3.21. The molecule has 0 spiro atoms. The maximum Gasteiger partial charge on any atom is 0.193 e. The van der Waals surface area contributed by atoms with Crippen LogP contribution in [0.3, 0.4) is 0 Å². The molecule has 2 aromatic carbocycles. The Morgan fingerprint density at radius 3 is 2.47 bits per heavy atom. The molecule has 1 aliphatic rings. The van der Waals surface area contributed by atoms with Crippen molar-refractivity contribution in [1.82, 2.24) is 10.2 Å². The summed E-state index contributed by atoms with van der Waals surface area (Å²) >= 11 is 5.68. The van der Waals surface area contributed by atoms with E-state index in [4.69, 9.17) is 17.0 Å². The van der Waals surface area contributed by atoms with Gasteiger partial charge in [0.15, 0.2) is 10.9 Å². The molecular formula is C25H30N2O2S. The minimum absolute atomic E-state index is 0.00728. The van der Waals surface area contributed by atoms with Gasteiger partial charge in [-0.05, 0) is 37.5 Å². The van der Waals surface area contributed by atoms with Gasteiger partial charge in [0.1, 0.15) is 5.75 Å². The maximum absolute atomic E-state index is 13.6. The molecule has 1 aliphatic heterocycles. The topological polar surface area (TPSA) is 41.6 Å². The summed E-state index contributed by atoms with van der Waals surface area (Å²) in [5, 5.41) is 4.07. The Balaban J connectivity index is 2.11. The SMILES string of the molecule is CCCN1C(=S)NC(c2ccccc2OCC(C)C)C(C(=O)c2ccccc2)=C1C. The van der Waals surface area contributed by atoms with Gasteiger partial charge in [0, 0.05) is 28.9 Å². The number of ketones is 1. The Kier molecular flexibility index (Phi) is 7.27. The lowest BCUT2D eigenvalue weighted by molar-refractivity contribution is 0.102. The molecule has 3 rings (SSSR count). The Hall–Kier alpha value is -2.66. The molecule has 1 atom stereocenters. The van der Waals surface area contributed by atoms with Gasteiger partial charge in [-0.15, -0.1) is 0 Å². The van der Waals surface area contributed by atoms with Crippen LogP contribution < -0.4 is 10.1 Å². The van der Waals surface area contributed by atoms with E-state index in [1.807, 2.05) is 66.4 Å². The van der Waals surface area contributed by atoms with E-state index in [2.05, 4.69) is 26.1 Å². The number of ether oxygens (including phenoxy) is 1. The van der Waals surface area contributed by atoms with Gasteiger partial charge in [-0.1, -0.05) is 69.3 Å². The van der Waals surface area contributed by atoms with Crippen molar-refractivity contribution in [1.29, 1.82) is 0 Å². The standard InChI is InChI=1S/C25H30N2O2S/c1-5-15-27-18(4)22(24(28)19-11-7-6-8-12-19)23(26-25(27)30)20-13-9-10-14-21(20)29-16-17(2)3/h6-14,17,23H,5,15-16H2,1-4H3,(H,26,30). The smallest absolute Gasteiger partial charge is 0.193 e. The van der Waals surface area contributed by atoms with Gasteiger partial charge < -0.3 is 15.0 Å². The van der Waals surface area contributed by atoms with Crippen LogP contribution in [-0.4, -0.2) is 28.9 Å². The largest absolute Gasteiger partial charge is 0.493 e. The van der Waals surface area contributed by atoms with E-state index in [0.717, 1.165) is 30.0 Å². The first kappa shape index (κ1) is 22.0. The Morgan fingerprint density at radius 1 is 1.13 bits per heavy atom. The summed E-state index contributed by atoms with van der Waals surface area (Å²) < 4.78 is 6.10. The average Bonchev–Trinajstić information content (AvgIpc) is 2.75. The molecule has 158 valence electrons. The van der Waals surface area contributed by atoms with E-state index < -0.39 is 0 Å². The fraction of sp³-hybridized carbons (Fsp3) is 0.360. The van der Waals surface area contributed by atoms with Gasteiger partial charge in [0.2, 0.25) is 0 Å². The van der Waals surface area contributed by atoms with E-state index in [-0.39, 0.29) is 11.8 Å². The quantitative estimate of drug-likeness (QED) is 0.448. The number of para-hydroxylation sites is 1. The number of carbonyl (C=O) groups excluding carboxylic acids is 1. The predicted octanol–water partition coefficient (Wildman–Crippen LogP) is 5.52. The molecule has 0 saturated heterocycles. The number of benzene rings is 2. The van der Waals surface area contributed by atoms with E-state index in [0.29, 0.717) is 28.8 Å². The summed E-state index contributed by atoms with van der Waals surface area (Å²) in [5.74, 6) is 1.19. The molecule has 0 bridgehead atoms. The first-order valence-corrected chi connectivity index (χ1v) is 10.9. The van der Waals surface area contributed by atoms with Crippen molar-refractivity contribution in [2.75, 3.05) is 13.2 Å². The van der Waals surface area contributed by atoms with Gasteiger partial charge in [-0.3, -0.25) is 4.79 Å². The molecule has 0 amide bonds. The van der Waals surface area contributed by atoms with Crippen LogP contribution in [0.4, 0.5) is 0 Å².